The minimum atomic E-state index is -4.35. The second kappa shape index (κ2) is 7.30. The molecular formula is C17H23F3IN3O. The van der Waals surface area contributed by atoms with E-state index >= 15 is 0 Å². The molecule has 1 heterocycles. The van der Waals surface area contributed by atoms with E-state index in [4.69, 9.17) is 10.5 Å². The Morgan fingerprint density at radius 1 is 1.40 bits per heavy atom. The normalized spacial score (nSPS) is 27.9. The number of benzene rings is 1. The summed E-state index contributed by atoms with van der Waals surface area (Å²) in [5.41, 5.74) is 5.71. The zero-order valence-electron chi connectivity index (χ0n) is 14.1. The van der Waals surface area contributed by atoms with Gasteiger partial charge >= 0.3 is 6.18 Å². The predicted molar refractivity (Wildman–Crippen MR) is 101 cm³/mol. The molecule has 25 heavy (non-hydrogen) atoms. The Balaban J connectivity index is 0.00000225. The van der Waals surface area contributed by atoms with E-state index in [1.54, 1.807) is 6.07 Å². The first-order chi connectivity index (χ1) is 11.2. The monoisotopic (exact) mass is 469 g/mol. The van der Waals surface area contributed by atoms with Crippen LogP contribution < -0.4 is 11.1 Å². The largest absolute Gasteiger partial charge is 0.416 e. The number of alkyl halides is 3. The maximum Gasteiger partial charge on any atom is 0.416 e. The van der Waals surface area contributed by atoms with Gasteiger partial charge in [-0.25, -0.2) is 4.99 Å². The van der Waals surface area contributed by atoms with Crippen LogP contribution in [-0.2, 0) is 17.5 Å². The van der Waals surface area contributed by atoms with Crippen molar-refractivity contribution in [2.45, 2.75) is 45.1 Å². The molecule has 1 saturated heterocycles. The highest BCUT2D eigenvalue weighted by molar-refractivity contribution is 14.0. The molecular weight excluding hydrogens is 446 g/mol. The molecule has 140 valence electrons. The van der Waals surface area contributed by atoms with Gasteiger partial charge < -0.3 is 15.8 Å². The zero-order valence-corrected chi connectivity index (χ0v) is 16.5. The summed E-state index contributed by atoms with van der Waals surface area (Å²) in [6, 6.07) is 5.32. The Kier molecular flexibility index (Phi) is 5.92. The van der Waals surface area contributed by atoms with E-state index in [-0.39, 0.29) is 54.0 Å². The number of nitrogens with one attached hydrogen (secondary N) is 1. The standard InChI is InChI=1S/C17H22F3N3O.HI/c1-16(2)13(12-6-7-24-14(12)16)23-15(21)22-9-10-4-3-5-11(8-10)17(18,19)20;/h3-5,8,12-14H,6-7,9H2,1-2H3,(H3,21,22,23);1H. The first kappa shape index (κ1) is 20.3. The SMILES string of the molecule is CC1(C)C(NC(N)=NCc2cccc(C(F)(F)F)c2)C2CCOC21.I. The third-order valence-corrected chi connectivity index (χ3v) is 5.09. The Hall–Kier alpha value is -1.03. The van der Waals surface area contributed by atoms with Crippen molar-refractivity contribution < 1.29 is 17.9 Å². The zero-order chi connectivity index (χ0) is 17.5. The van der Waals surface area contributed by atoms with Crippen LogP contribution >= 0.6 is 24.0 Å². The molecule has 4 nitrogen and oxygen atoms in total. The molecule has 2 aliphatic rings. The van der Waals surface area contributed by atoms with Crippen LogP contribution in [0.3, 0.4) is 0 Å². The predicted octanol–water partition coefficient (Wildman–Crippen LogP) is 3.54. The van der Waals surface area contributed by atoms with E-state index < -0.39 is 11.7 Å². The molecule has 2 fully saturated rings. The minimum Gasteiger partial charge on any atom is -0.377 e. The van der Waals surface area contributed by atoms with Crippen LogP contribution in [0.2, 0.25) is 0 Å². The first-order valence-electron chi connectivity index (χ1n) is 8.04. The summed E-state index contributed by atoms with van der Waals surface area (Å²) < 4.78 is 43.9. The van der Waals surface area contributed by atoms with Crippen LogP contribution in [0.25, 0.3) is 0 Å². The van der Waals surface area contributed by atoms with Crippen molar-refractivity contribution >= 4 is 29.9 Å². The van der Waals surface area contributed by atoms with Gasteiger partial charge in [-0.1, -0.05) is 26.0 Å². The van der Waals surface area contributed by atoms with Gasteiger partial charge in [0.15, 0.2) is 5.96 Å². The number of rotatable bonds is 3. The fourth-order valence-corrected chi connectivity index (χ4v) is 3.84. The van der Waals surface area contributed by atoms with Crippen molar-refractivity contribution in [2.75, 3.05) is 6.61 Å². The number of guanidine groups is 1. The fourth-order valence-electron chi connectivity index (χ4n) is 3.84. The topological polar surface area (TPSA) is 59.6 Å². The molecule has 1 aromatic carbocycles. The van der Waals surface area contributed by atoms with E-state index in [1.807, 2.05) is 0 Å². The van der Waals surface area contributed by atoms with Gasteiger partial charge in [0.2, 0.25) is 0 Å². The lowest BCUT2D eigenvalue weighted by Crippen LogP contribution is -2.67. The van der Waals surface area contributed by atoms with Gasteiger partial charge in [0, 0.05) is 24.0 Å². The molecule has 3 unspecified atom stereocenters. The minimum absolute atomic E-state index is 0. The van der Waals surface area contributed by atoms with Crippen LogP contribution in [0.5, 0.6) is 0 Å². The molecule has 3 atom stereocenters. The summed E-state index contributed by atoms with van der Waals surface area (Å²) in [6.07, 6.45) is -3.12. The highest BCUT2D eigenvalue weighted by atomic mass is 127. The summed E-state index contributed by atoms with van der Waals surface area (Å²) in [6.45, 7) is 5.12. The van der Waals surface area contributed by atoms with E-state index in [0.717, 1.165) is 25.2 Å². The van der Waals surface area contributed by atoms with Crippen LogP contribution in [0, 0.1) is 11.3 Å². The number of nitrogens with zero attached hydrogens (tertiary/aromatic N) is 1. The lowest BCUT2D eigenvalue weighted by atomic mass is 9.57. The average Bonchev–Trinajstić information content (AvgIpc) is 2.97. The molecule has 0 bridgehead atoms. The van der Waals surface area contributed by atoms with Gasteiger partial charge in [-0.05, 0) is 24.1 Å². The number of hydrogen-bond acceptors (Lipinski definition) is 2. The number of aliphatic imine (C=N–C) groups is 1. The summed E-state index contributed by atoms with van der Waals surface area (Å²) in [7, 11) is 0. The molecule has 8 heteroatoms. The van der Waals surface area contributed by atoms with Gasteiger partial charge in [-0.15, -0.1) is 24.0 Å². The second-order valence-electron chi connectivity index (χ2n) is 7.09. The van der Waals surface area contributed by atoms with E-state index in [0.29, 0.717) is 11.5 Å². The van der Waals surface area contributed by atoms with Crippen molar-refractivity contribution in [1.82, 2.24) is 5.32 Å². The quantitative estimate of drug-likeness (QED) is 0.405. The van der Waals surface area contributed by atoms with Gasteiger partial charge in [0.1, 0.15) is 0 Å². The van der Waals surface area contributed by atoms with Gasteiger partial charge in [0.25, 0.3) is 0 Å². The second-order valence-corrected chi connectivity index (χ2v) is 7.09. The third kappa shape index (κ3) is 4.05. The Labute approximate surface area is 162 Å². The summed E-state index contributed by atoms with van der Waals surface area (Å²) in [5.74, 6) is 0.679. The van der Waals surface area contributed by atoms with Gasteiger partial charge in [-0.3, -0.25) is 0 Å². The molecule has 1 aliphatic heterocycles. The van der Waals surface area contributed by atoms with Crippen LogP contribution in [0.15, 0.2) is 29.3 Å². The van der Waals surface area contributed by atoms with Crippen molar-refractivity contribution in [1.29, 1.82) is 0 Å². The maximum absolute atomic E-state index is 12.7. The number of fused-ring (bicyclic) bond motifs is 1. The van der Waals surface area contributed by atoms with Gasteiger partial charge in [0.05, 0.1) is 18.2 Å². The van der Waals surface area contributed by atoms with Crippen molar-refractivity contribution in [3.63, 3.8) is 0 Å². The average molecular weight is 469 g/mol. The Bertz CT molecular complexity index is 648. The molecule has 3 rings (SSSR count). The third-order valence-electron chi connectivity index (χ3n) is 5.09. The van der Waals surface area contributed by atoms with Crippen molar-refractivity contribution in [3.05, 3.63) is 35.4 Å². The van der Waals surface area contributed by atoms with Crippen molar-refractivity contribution in [2.24, 2.45) is 22.1 Å². The lowest BCUT2D eigenvalue weighted by Gasteiger charge is -2.54. The molecule has 1 saturated carbocycles. The summed E-state index contributed by atoms with van der Waals surface area (Å²) in [4.78, 5) is 4.19. The molecule has 0 amide bonds. The molecule has 0 radical (unpaired) electrons. The Morgan fingerprint density at radius 2 is 2.12 bits per heavy atom. The molecule has 1 aliphatic carbocycles. The van der Waals surface area contributed by atoms with Gasteiger partial charge in [-0.2, -0.15) is 13.2 Å². The van der Waals surface area contributed by atoms with E-state index in [2.05, 4.69) is 24.2 Å². The van der Waals surface area contributed by atoms with E-state index in [9.17, 15) is 13.2 Å². The van der Waals surface area contributed by atoms with Crippen LogP contribution in [0.1, 0.15) is 31.4 Å². The molecule has 3 N–H and O–H groups in total. The van der Waals surface area contributed by atoms with Crippen LogP contribution in [0.4, 0.5) is 13.2 Å². The maximum atomic E-state index is 12.7. The molecule has 0 spiro atoms. The number of halogens is 4. The summed E-state index contributed by atoms with van der Waals surface area (Å²) in [5, 5.41) is 3.22. The highest BCUT2D eigenvalue weighted by Gasteiger charge is 2.59. The molecule has 1 aromatic rings. The number of ether oxygens (including phenoxy) is 1. The van der Waals surface area contributed by atoms with Crippen molar-refractivity contribution in [3.8, 4) is 0 Å². The summed E-state index contributed by atoms with van der Waals surface area (Å²) >= 11 is 0. The first-order valence-corrected chi connectivity index (χ1v) is 8.04. The fraction of sp³-hybridized carbons (Fsp3) is 0.588. The van der Waals surface area contributed by atoms with Crippen LogP contribution in [-0.4, -0.2) is 24.7 Å². The number of hydrogen-bond donors (Lipinski definition) is 2. The highest BCUT2D eigenvalue weighted by Crippen LogP contribution is 2.52. The lowest BCUT2D eigenvalue weighted by molar-refractivity contribution is -0.137. The number of nitrogens with two attached hydrogens (primary N) is 1. The smallest absolute Gasteiger partial charge is 0.377 e. The molecule has 0 aromatic heterocycles. The van der Waals surface area contributed by atoms with E-state index in [1.165, 1.54) is 6.07 Å². The Morgan fingerprint density at radius 3 is 2.80 bits per heavy atom.